The second-order valence-electron chi connectivity index (χ2n) is 14.7. The van der Waals surface area contributed by atoms with Gasteiger partial charge in [-0.15, -0.1) is 0 Å². The molecule has 0 saturated heterocycles. The maximum Gasteiger partial charge on any atom is 0.266 e. The minimum absolute atomic E-state index is 0.0835. The molecule has 8 nitrogen and oxygen atoms in total. The average Bonchev–Trinajstić information content (AvgIpc) is 3.53. The molecule has 0 spiro atoms. The summed E-state index contributed by atoms with van der Waals surface area (Å²) in [4.78, 5) is 51.9. The number of hydrogen-bond acceptors (Lipinski definition) is 6. The summed E-state index contributed by atoms with van der Waals surface area (Å²) in [5.41, 5.74) is 1.56. The highest BCUT2D eigenvalue weighted by Crippen LogP contribution is 2.38. The normalized spacial score (nSPS) is 13.0. The maximum atomic E-state index is 13.4. The number of rotatable bonds is 11. The van der Waals surface area contributed by atoms with Crippen LogP contribution in [0.4, 0.5) is 0 Å². The summed E-state index contributed by atoms with van der Waals surface area (Å²) in [7, 11) is 1.37. The van der Waals surface area contributed by atoms with Gasteiger partial charge in [-0.3, -0.25) is 23.7 Å². The van der Waals surface area contributed by atoms with Gasteiger partial charge in [0.05, 0.1) is 27.2 Å². The number of hydrogen-bond donors (Lipinski definition) is 0. The fourth-order valence-corrected chi connectivity index (χ4v) is 7.39. The van der Waals surface area contributed by atoms with Gasteiger partial charge in [-0.05, 0) is 95.6 Å². The molecule has 1 atom stereocenters. The number of benzene rings is 5. The van der Waals surface area contributed by atoms with E-state index in [9.17, 15) is 19.2 Å². The predicted octanol–water partition coefficient (Wildman–Crippen LogP) is 8.82. The third kappa shape index (κ3) is 6.28. The van der Waals surface area contributed by atoms with E-state index in [-0.39, 0.29) is 32.4 Å². The minimum atomic E-state index is -0.566. The lowest BCUT2D eigenvalue weighted by atomic mass is 9.74. The third-order valence-electron chi connectivity index (χ3n) is 10.8. The highest BCUT2D eigenvalue weighted by atomic mass is 16.5. The van der Waals surface area contributed by atoms with Gasteiger partial charge in [0, 0.05) is 18.5 Å². The van der Waals surface area contributed by atoms with Crippen LogP contribution in [-0.4, -0.2) is 9.13 Å². The molecule has 5 aromatic carbocycles. The Morgan fingerprint density at radius 1 is 0.528 bits per heavy atom. The Bertz CT molecular complexity index is 2620. The van der Waals surface area contributed by atoms with Crippen LogP contribution in [0.15, 0.2) is 128 Å². The van der Waals surface area contributed by atoms with Crippen molar-refractivity contribution in [2.45, 2.75) is 64.7 Å². The van der Waals surface area contributed by atoms with Crippen LogP contribution in [-0.2, 0) is 17.9 Å². The molecule has 0 aliphatic carbocycles. The molecule has 0 bridgehead atoms. The maximum absolute atomic E-state index is 13.4. The summed E-state index contributed by atoms with van der Waals surface area (Å²) in [6, 6.07) is 34.0. The number of nitrogens with zero attached hydrogens (tertiary/aromatic N) is 2. The lowest BCUT2D eigenvalue weighted by molar-refractivity contribution is 0.458. The van der Waals surface area contributed by atoms with E-state index in [1.54, 1.807) is 24.3 Å². The summed E-state index contributed by atoms with van der Waals surface area (Å²) in [6.07, 6.45) is 3.10. The van der Waals surface area contributed by atoms with Crippen LogP contribution in [0.5, 0.6) is 23.0 Å². The smallest absolute Gasteiger partial charge is 0.266 e. The van der Waals surface area contributed by atoms with Crippen LogP contribution in [0, 0.1) is 0 Å². The van der Waals surface area contributed by atoms with Crippen molar-refractivity contribution in [1.29, 1.82) is 0 Å². The Morgan fingerprint density at radius 2 is 1.00 bits per heavy atom. The van der Waals surface area contributed by atoms with Crippen molar-refractivity contribution in [3.63, 3.8) is 0 Å². The van der Waals surface area contributed by atoms with Gasteiger partial charge in [0.25, 0.3) is 22.2 Å². The zero-order chi connectivity index (χ0) is 37.7. The minimum Gasteiger partial charge on any atom is -0.457 e. The van der Waals surface area contributed by atoms with Crippen LogP contribution in [0.1, 0.15) is 70.6 Å². The fourth-order valence-electron chi connectivity index (χ4n) is 7.39. The highest BCUT2D eigenvalue weighted by molar-refractivity contribution is 5.98. The van der Waals surface area contributed by atoms with Crippen LogP contribution < -0.4 is 31.7 Å². The first-order valence-corrected chi connectivity index (χ1v) is 18.0. The van der Waals surface area contributed by atoms with Gasteiger partial charge >= 0.3 is 0 Å². The molecule has 0 radical (unpaired) electrons. The molecule has 2 heterocycles. The Labute approximate surface area is 307 Å². The first-order chi connectivity index (χ1) is 25.3. The standard InChI is InChI=1S/C45H42N2O6/c1-7-23-44(3,4)30-11-9-13-34(24-30)52-32-19-15-28(16-20-32)45(5,8-2)29-17-21-33(22-18-29)53-35-14-10-12-31(25-35)47-42(50)38-26-36-37(27-39(38)43(47)51)41(49)46(6)40(36)48/h9-22,24-27H,7-8,23H2,1-6H3. The van der Waals surface area contributed by atoms with E-state index >= 15 is 0 Å². The first-order valence-electron chi connectivity index (χ1n) is 18.0. The Morgan fingerprint density at radius 3 is 1.49 bits per heavy atom. The molecule has 0 saturated carbocycles. The molecule has 0 fully saturated rings. The van der Waals surface area contributed by atoms with E-state index in [1.807, 2.05) is 30.3 Å². The highest BCUT2D eigenvalue weighted by Gasteiger charge is 2.27. The summed E-state index contributed by atoms with van der Waals surface area (Å²) in [6.45, 7) is 11.2. The molecule has 0 aliphatic rings. The zero-order valence-corrected chi connectivity index (χ0v) is 30.9. The van der Waals surface area contributed by atoms with E-state index in [0.717, 1.165) is 45.5 Å². The van der Waals surface area contributed by atoms with Gasteiger partial charge in [-0.1, -0.05) is 83.5 Å². The molecular weight excluding hydrogens is 665 g/mol. The first kappa shape index (κ1) is 35.4. The van der Waals surface area contributed by atoms with Crippen molar-refractivity contribution >= 4 is 21.5 Å². The van der Waals surface area contributed by atoms with Crippen molar-refractivity contribution in [1.82, 2.24) is 9.13 Å². The van der Waals surface area contributed by atoms with E-state index in [0.29, 0.717) is 17.2 Å². The van der Waals surface area contributed by atoms with Crippen LogP contribution >= 0.6 is 0 Å². The lowest BCUT2D eigenvalue weighted by Gasteiger charge is -2.30. The number of ether oxygens (including phenoxy) is 2. The molecule has 0 amide bonds. The Hall–Kier alpha value is -6.02. The summed E-state index contributed by atoms with van der Waals surface area (Å²) in [5, 5.41) is 0.414. The monoisotopic (exact) mass is 706 g/mol. The van der Waals surface area contributed by atoms with Gasteiger partial charge < -0.3 is 9.47 Å². The number of aromatic nitrogens is 2. The van der Waals surface area contributed by atoms with E-state index in [2.05, 4.69) is 77.1 Å². The van der Waals surface area contributed by atoms with Gasteiger partial charge in [0.1, 0.15) is 23.0 Å². The van der Waals surface area contributed by atoms with Crippen molar-refractivity contribution < 1.29 is 9.47 Å². The molecule has 1 unspecified atom stereocenters. The fraction of sp³-hybridized carbons (Fsp3) is 0.244. The molecule has 268 valence electrons. The van der Waals surface area contributed by atoms with Gasteiger partial charge in [-0.25, -0.2) is 4.57 Å². The van der Waals surface area contributed by atoms with Crippen molar-refractivity contribution in [3.8, 4) is 28.7 Å². The van der Waals surface area contributed by atoms with Gasteiger partial charge in [0.2, 0.25) is 0 Å². The SMILES string of the molecule is CCCC(C)(C)c1cccc(Oc2ccc(C(C)(CC)c3ccc(Oc4cccc(-n5c(=O)c6cc7c(=O)n(C)c(=O)c7cc6c5=O)c4)cc3)cc2)c1. The second-order valence-corrected chi connectivity index (χ2v) is 14.7. The average molecular weight is 707 g/mol. The second kappa shape index (κ2) is 13.5. The molecule has 7 rings (SSSR count). The summed E-state index contributed by atoms with van der Waals surface area (Å²) < 4.78 is 14.5. The predicted molar refractivity (Wildman–Crippen MR) is 211 cm³/mol. The molecule has 0 N–H and O–H groups in total. The van der Waals surface area contributed by atoms with Gasteiger partial charge in [0.15, 0.2) is 0 Å². The van der Waals surface area contributed by atoms with E-state index in [4.69, 9.17) is 9.47 Å². The summed E-state index contributed by atoms with van der Waals surface area (Å²) >= 11 is 0. The molecule has 0 aliphatic heterocycles. The Balaban J connectivity index is 1.10. The van der Waals surface area contributed by atoms with Crippen molar-refractivity contribution in [2.24, 2.45) is 7.05 Å². The topological polar surface area (TPSA) is 96.6 Å². The van der Waals surface area contributed by atoms with E-state index in [1.165, 1.54) is 30.3 Å². The molecule has 2 aromatic heterocycles. The molecule has 8 heteroatoms. The van der Waals surface area contributed by atoms with Crippen LogP contribution in [0.25, 0.3) is 27.2 Å². The third-order valence-corrected chi connectivity index (χ3v) is 10.8. The zero-order valence-electron chi connectivity index (χ0n) is 30.9. The van der Waals surface area contributed by atoms with Crippen LogP contribution in [0.3, 0.4) is 0 Å². The van der Waals surface area contributed by atoms with Crippen LogP contribution in [0.2, 0.25) is 0 Å². The number of fused-ring (bicyclic) bond motifs is 2. The van der Waals surface area contributed by atoms with E-state index < -0.39 is 22.2 Å². The van der Waals surface area contributed by atoms with Gasteiger partial charge in [-0.2, -0.15) is 0 Å². The Kier molecular flexibility index (Phi) is 9.02. The quantitative estimate of drug-likeness (QED) is 0.133. The van der Waals surface area contributed by atoms with Crippen molar-refractivity contribution in [3.05, 3.63) is 167 Å². The largest absolute Gasteiger partial charge is 0.457 e. The van der Waals surface area contributed by atoms with Crippen molar-refractivity contribution in [2.75, 3.05) is 0 Å². The molecule has 53 heavy (non-hydrogen) atoms. The summed E-state index contributed by atoms with van der Waals surface area (Å²) in [5.74, 6) is 2.65. The molecule has 7 aromatic rings. The lowest BCUT2D eigenvalue weighted by Crippen LogP contribution is -2.23. The molecular formula is C45H42N2O6.